The predicted octanol–water partition coefficient (Wildman–Crippen LogP) is 2.41. The average Bonchev–Trinajstić information content (AvgIpc) is 2.19. The zero-order chi connectivity index (χ0) is 12.1. The van der Waals surface area contributed by atoms with Crippen molar-refractivity contribution >= 4 is 15.9 Å². The number of ether oxygens (including phenoxy) is 1. The van der Waals surface area contributed by atoms with Gasteiger partial charge >= 0.3 is 0 Å². The molecule has 0 spiro atoms. The van der Waals surface area contributed by atoms with Gasteiger partial charge in [0, 0.05) is 22.6 Å². The zero-order valence-corrected chi connectivity index (χ0v) is 11.6. The Labute approximate surface area is 106 Å². The number of nitrogens with zero attached hydrogens (tertiary/aromatic N) is 1. The van der Waals surface area contributed by atoms with Crippen molar-refractivity contribution in [1.29, 1.82) is 0 Å². The highest BCUT2D eigenvalue weighted by Gasteiger charge is 2.08. The molecule has 1 aromatic rings. The summed E-state index contributed by atoms with van der Waals surface area (Å²) in [5.74, 6) is 0.875. The summed E-state index contributed by atoms with van der Waals surface area (Å²) in [6.07, 6.45) is 0. The number of hydrogen-bond donors (Lipinski definition) is 1. The van der Waals surface area contributed by atoms with Crippen molar-refractivity contribution in [2.45, 2.75) is 13.0 Å². The molecule has 0 unspecified atom stereocenters. The molecule has 1 aromatic carbocycles. The van der Waals surface area contributed by atoms with Crippen molar-refractivity contribution in [3.05, 3.63) is 28.2 Å². The Hall–Kier alpha value is -0.580. The van der Waals surface area contributed by atoms with E-state index in [0.29, 0.717) is 6.61 Å². The van der Waals surface area contributed by atoms with E-state index in [9.17, 15) is 0 Å². The Bertz CT molecular complexity index is 340. The number of rotatable bonds is 5. The van der Waals surface area contributed by atoms with Gasteiger partial charge in [-0.1, -0.05) is 15.9 Å². The third-order valence-corrected chi connectivity index (χ3v) is 2.75. The van der Waals surface area contributed by atoms with Crippen molar-refractivity contribution in [3.8, 4) is 5.75 Å². The van der Waals surface area contributed by atoms with Gasteiger partial charge in [-0.15, -0.1) is 0 Å². The number of likely N-dealkylation sites (N-methyl/N-ethyl adjacent to an activating group) is 1. The van der Waals surface area contributed by atoms with Crippen LogP contribution in [0.3, 0.4) is 0 Å². The van der Waals surface area contributed by atoms with Gasteiger partial charge in [0.2, 0.25) is 0 Å². The summed E-state index contributed by atoms with van der Waals surface area (Å²) < 4.78 is 6.75. The third-order valence-electron chi connectivity index (χ3n) is 2.26. The molecule has 4 heteroatoms. The van der Waals surface area contributed by atoms with Gasteiger partial charge in [0.25, 0.3) is 0 Å². The normalized spacial score (nSPS) is 12.9. The van der Waals surface area contributed by atoms with Crippen molar-refractivity contribution in [3.63, 3.8) is 0 Å². The molecular formula is C12H19BrN2O. The lowest BCUT2D eigenvalue weighted by atomic mass is 10.1. The fourth-order valence-electron chi connectivity index (χ4n) is 1.34. The van der Waals surface area contributed by atoms with Gasteiger partial charge in [-0.05, 0) is 39.2 Å². The molecule has 0 bridgehead atoms. The van der Waals surface area contributed by atoms with E-state index in [-0.39, 0.29) is 6.04 Å². The Morgan fingerprint density at radius 2 is 2.12 bits per heavy atom. The standard InChI is InChI=1S/C12H19BrN2O/c1-9(14)11-8-10(13)4-5-12(11)16-7-6-15(2)3/h4-5,8-9H,6-7,14H2,1-3H3/t9-/m1/s1. The smallest absolute Gasteiger partial charge is 0.124 e. The maximum atomic E-state index is 5.90. The van der Waals surface area contributed by atoms with E-state index in [1.165, 1.54) is 0 Å². The van der Waals surface area contributed by atoms with Gasteiger partial charge in [-0.25, -0.2) is 0 Å². The van der Waals surface area contributed by atoms with E-state index in [4.69, 9.17) is 10.5 Å². The first kappa shape index (κ1) is 13.5. The highest BCUT2D eigenvalue weighted by Crippen LogP contribution is 2.27. The Balaban J connectivity index is 2.71. The first-order chi connectivity index (χ1) is 7.50. The van der Waals surface area contributed by atoms with E-state index >= 15 is 0 Å². The molecule has 16 heavy (non-hydrogen) atoms. The van der Waals surface area contributed by atoms with Crippen LogP contribution in [0.1, 0.15) is 18.5 Å². The minimum atomic E-state index is -0.0214. The summed E-state index contributed by atoms with van der Waals surface area (Å²) in [7, 11) is 4.05. The largest absolute Gasteiger partial charge is 0.492 e. The molecule has 0 aliphatic carbocycles. The minimum Gasteiger partial charge on any atom is -0.492 e. The molecule has 0 saturated heterocycles. The average molecular weight is 287 g/mol. The summed E-state index contributed by atoms with van der Waals surface area (Å²) in [5.41, 5.74) is 6.94. The van der Waals surface area contributed by atoms with Crippen LogP contribution in [0.25, 0.3) is 0 Å². The van der Waals surface area contributed by atoms with Crippen LogP contribution in [0.15, 0.2) is 22.7 Å². The van der Waals surface area contributed by atoms with Crippen molar-refractivity contribution < 1.29 is 4.74 Å². The first-order valence-electron chi connectivity index (χ1n) is 5.33. The van der Waals surface area contributed by atoms with Crippen molar-refractivity contribution in [2.75, 3.05) is 27.2 Å². The van der Waals surface area contributed by atoms with E-state index in [1.54, 1.807) is 0 Å². The second-order valence-corrected chi connectivity index (χ2v) is 5.04. The molecule has 1 atom stereocenters. The maximum absolute atomic E-state index is 5.90. The van der Waals surface area contributed by atoms with Crippen molar-refractivity contribution in [1.82, 2.24) is 4.90 Å². The molecule has 0 heterocycles. The van der Waals surface area contributed by atoms with Crippen LogP contribution < -0.4 is 10.5 Å². The molecule has 0 amide bonds. The fourth-order valence-corrected chi connectivity index (χ4v) is 1.72. The van der Waals surface area contributed by atoms with Crippen LogP contribution in [-0.2, 0) is 0 Å². The molecule has 2 N–H and O–H groups in total. The molecular weight excluding hydrogens is 268 g/mol. The topological polar surface area (TPSA) is 38.5 Å². The van der Waals surface area contributed by atoms with Crippen LogP contribution in [0, 0.1) is 0 Å². The minimum absolute atomic E-state index is 0.0214. The number of hydrogen-bond acceptors (Lipinski definition) is 3. The monoisotopic (exact) mass is 286 g/mol. The predicted molar refractivity (Wildman–Crippen MR) is 70.8 cm³/mol. The van der Waals surface area contributed by atoms with E-state index < -0.39 is 0 Å². The molecule has 1 rings (SSSR count). The lowest BCUT2D eigenvalue weighted by Gasteiger charge is -2.16. The van der Waals surface area contributed by atoms with Crippen LogP contribution >= 0.6 is 15.9 Å². The molecule has 0 aromatic heterocycles. The van der Waals surface area contributed by atoms with Gasteiger partial charge < -0.3 is 15.4 Å². The van der Waals surface area contributed by atoms with Crippen LogP contribution in [0.5, 0.6) is 5.75 Å². The molecule has 0 aliphatic heterocycles. The van der Waals surface area contributed by atoms with Gasteiger partial charge in [0.1, 0.15) is 12.4 Å². The lowest BCUT2D eigenvalue weighted by Crippen LogP contribution is -2.20. The van der Waals surface area contributed by atoms with Crippen molar-refractivity contribution in [2.24, 2.45) is 5.73 Å². The maximum Gasteiger partial charge on any atom is 0.124 e. The summed E-state index contributed by atoms with van der Waals surface area (Å²) in [6.45, 7) is 3.53. The molecule has 0 saturated carbocycles. The third kappa shape index (κ3) is 4.12. The summed E-state index contributed by atoms with van der Waals surface area (Å²) >= 11 is 3.44. The second-order valence-electron chi connectivity index (χ2n) is 4.12. The Morgan fingerprint density at radius 1 is 1.44 bits per heavy atom. The summed E-state index contributed by atoms with van der Waals surface area (Å²) in [5, 5.41) is 0. The van der Waals surface area contributed by atoms with E-state index in [0.717, 1.165) is 22.3 Å². The molecule has 0 radical (unpaired) electrons. The van der Waals surface area contributed by atoms with Crippen LogP contribution in [0.2, 0.25) is 0 Å². The zero-order valence-electron chi connectivity index (χ0n) is 10.0. The lowest BCUT2D eigenvalue weighted by molar-refractivity contribution is 0.258. The highest BCUT2D eigenvalue weighted by atomic mass is 79.9. The number of halogens is 1. The van der Waals surface area contributed by atoms with Gasteiger partial charge in [0.05, 0.1) is 0 Å². The van der Waals surface area contributed by atoms with E-state index in [2.05, 4.69) is 20.8 Å². The Morgan fingerprint density at radius 3 is 2.69 bits per heavy atom. The molecule has 0 fully saturated rings. The van der Waals surface area contributed by atoms with Gasteiger partial charge in [0.15, 0.2) is 0 Å². The van der Waals surface area contributed by atoms with E-state index in [1.807, 2.05) is 39.2 Å². The SMILES string of the molecule is C[C@@H](N)c1cc(Br)ccc1OCCN(C)C. The molecule has 0 aliphatic rings. The van der Waals surface area contributed by atoms with Gasteiger partial charge in [-0.3, -0.25) is 0 Å². The van der Waals surface area contributed by atoms with Gasteiger partial charge in [-0.2, -0.15) is 0 Å². The first-order valence-corrected chi connectivity index (χ1v) is 6.12. The Kier molecular flexibility index (Phi) is 5.25. The molecule has 90 valence electrons. The van der Waals surface area contributed by atoms with Crippen LogP contribution in [0.4, 0.5) is 0 Å². The summed E-state index contributed by atoms with van der Waals surface area (Å²) in [6, 6.07) is 5.91. The highest BCUT2D eigenvalue weighted by molar-refractivity contribution is 9.10. The second kappa shape index (κ2) is 6.23. The molecule has 3 nitrogen and oxygen atoms in total. The van der Waals surface area contributed by atoms with Crippen LogP contribution in [-0.4, -0.2) is 32.1 Å². The number of benzene rings is 1. The summed E-state index contributed by atoms with van der Waals surface area (Å²) in [4.78, 5) is 2.09. The quantitative estimate of drug-likeness (QED) is 0.904. The number of nitrogens with two attached hydrogens (primary N) is 1. The fraction of sp³-hybridized carbons (Fsp3) is 0.500.